The van der Waals surface area contributed by atoms with Gasteiger partial charge >= 0.3 is 5.97 Å². The van der Waals surface area contributed by atoms with E-state index in [-0.39, 0.29) is 18.3 Å². The molecule has 0 fully saturated rings. The molecule has 1 heterocycles. The molecule has 31 heavy (non-hydrogen) atoms. The average molecular weight is 441 g/mol. The first-order chi connectivity index (χ1) is 14.5. The van der Waals surface area contributed by atoms with Crippen LogP contribution in [0.4, 0.5) is 0 Å². The summed E-state index contributed by atoms with van der Waals surface area (Å²) in [6, 6.07) is -4.53. The van der Waals surface area contributed by atoms with Gasteiger partial charge in [-0.2, -0.15) is 0 Å². The van der Waals surface area contributed by atoms with Crippen molar-refractivity contribution >= 4 is 23.7 Å². The average Bonchev–Trinajstić information content (AvgIpc) is 3.19. The summed E-state index contributed by atoms with van der Waals surface area (Å²) >= 11 is 0. The van der Waals surface area contributed by atoms with Gasteiger partial charge in [0.15, 0.2) is 0 Å². The zero-order valence-corrected chi connectivity index (χ0v) is 18.1. The molecule has 0 radical (unpaired) electrons. The predicted octanol–water partition coefficient (Wildman–Crippen LogP) is -1.88. The van der Waals surface area contributed by atoms with Crippen LogP contribution in [0, 0.1) is 11.8 Å². The molecule has 1 aromatic heterocycles. The Morgan fingerprint density at radius 2 is 1.58 bits per heavy atom. The highest BCUT2D eigenvalue weighted by Crippen LogP contribution is 2.07. The maximum Gasteiger partial charge on any atom is 0.326 e. The number of carboxylic acid groups (broad SMARTS) is 1. The molecule has 0 bridgehead atoms. The van der Waals surface area contributed by atoms with Crippen molar-refractivity contribution in [3.63, 3.8) is 0 Å². The molecule has 1 rings (SSSR count). The van der Waals surface area contributed by atoms with Crippen LogP contribution in [0.3, 0.4) is 0 Å². The lowest BCUT2D eigenvalue weighted by Crippen LogP contribution is -2.59. The number of carboxylic acids is 1. The molecule has 0 saturated heterocycles. The molecule has 0 aliphatic carbocycles. The van der Waals surface area contributed by atoms with Crippen molar-refractivity contribution in [2.24, 2.45) is 17.6 Å². The number of nitrogens with zero attached hydrogens (tertiary/aromatic N) is 1. The summed E-state index contributed by atoms with van der Waals surface area (Å²) in [5.74, 6) is -4.09. The smallest absolute Gasteiger partial charge is 0.326 e. The fraction of sp³-hybridized carbons (Fsp3) is 0.632. The number of rotatable bonds is 12. The Kier molecular flexibility index (Phi) is 10.1. The van der Waals surface area contributed by atoms with Gasteiger partial charge in [-0.3, -0.25) is 14.4 Å². The highest BCUT2D eigenvalue weighted by atomic mass is 16.4. The van der Waals surface area contributed by atoms with E-state index in [2.05, 4.69) is 25.9 Å². The first kappa shape index (κ1) is 26.0. The van der Waals surface area contributed by atoms with E-state index in [1.54, 1.807) is 27.7 Å². The second-order valence-corrected chi connectivity index (χ2v) is 7.93. The maximum atomic E-state index is 12.6. The number of carbonyl (C=O) groups excluding carboxylic acids is 3. The zero-order valence-electron chi connectivity index (χ0n) is 18.1. The molecule has 3 amide bonds. The summed E-state index contributed by atoms with van der Waals surface area (Å²) in [7, 11) is 0. The lowest BCUT2D eigenvalue weighted by atomic mass is 10.00. The normalized spacial score (nSPS) is 15.1. The number of aliphatic hydroxyl groups excluding tert-OH is 1. The van der Waals surface area contributed by atoms with Crippen LogP contribution >= 0.6 is 0 Å². The van der Waals surface area contributed by atoms with E-state index < -0.39 is 54.5 Å². The lowest BCUT2D eigenvalue weighted by Gasteiger charge is -2.27. The summed E-state index contributed by atoms with van der Waals surface area (Å²) in [6.07, 6.45) is 3.10. The summed E-state index contributed by atoms with van der Waals surface area (Å²) < 4.78 is 0. The second kappa shape index (κ2) is 12.0. The largest absolute Gasteiger partial charge is 0.480 e. The number of amides is 3. The third-order valence-electron chi connectivity index (χ3n) is 4.62. The highest BCUT2D eigenvalue weighted by molar-refractivity contribution is 5.94. The quantitative estimate of drug-likeness (QED) is 0.196. The molecule has 8 N–H and O–H groups in total. The van der Waals surface area contributed by atoms with Gasteiger partial charge < -0.3 is 36.9 Å². The molecule has 4 unspecified atom stereocenters. The van der Waals surface area contributed by atoms with Crippen LogP contribution in [-0.2, 0) is 25.6 Å². The van der Waals surface area contributed by atoms with Gasteiger partial charge in [-0.25, -0.2) is 9.78 Å². The molecular weight excluding hydrogens is 408 g/mol. The third kappa shape index (κ3) is 7.98. The van der Waals surface area contributed by atoms with E-state index >= 15 is 0 Å². The minimum Gasteiger partial charge on any atom is -0.480 e. The predicted molar refractivity (Wildman–Crippen MR) is 110 cm³/mol. The minimum atomic E-state index is -1.34. The Morgan fingerprint density at radius 1 is 1.00 bits per heavy atom. The molecule has 0 aromatic carbocycles. The van der Waals surface area contributed by atoms with Crippen molar-refractivity contribution < 1.29 is 29.4 Å². The Hall–Kier alpha value is -2.99. The Labute approximate surface area is 180 Å². The van der Waals surface area contributed by atoms with Crippen LogP contribution in [0.25, 0.3) is 0 Å². The van der Waals surface area contributed by atoms with E-state index in [0.717, 1.165) is 0 Å². The fourth-order valence-corrected chi connectivity index (χ4v) is 2.74. The van der Waals surface area contributed by atoms with Crippen LogP contribution < -0.4 is 21.7 Å². The molecule has 12 nitrogen and oxygen atoms in total. The van der Waals surface area contributed by atoms with Crippen molar-refractivity contribution in [3.8, 4) is 0 Å². The first-order valence-electron chi connectivity index (χ1n) is 9.95. The number of aromatic nitrogens is 2. The van der Waals surface area contributed by atoms with E-state index in [0.29, 0.717) is 5.69 Å². The zero-order chi connectivity index (χ0) is 23.7. The monoisotopic (exact) mass is 440 g/mol. The third-order valence-corrected chi connectivity index (χ3v) is 4.62. The molecular formula is C19H32N6O6. The number of nitrogens with one attached hydrogen (secondary N) is 4. The van der Waals surface area contributed by atoms with E-state index in [1.807, 2.05) is 0 Å². The number of hydrogen-bond acceptors (Lipinski definition) is 7. The van der Waals surface area contributed by atoms with Crippen molar-refractivity contribution in [2.45, 2.75) is 58.3 Å². The number of nitrogens with two attached hydrogens (primary N) is 1. The number of aliphatic carboxylic acids is 1. The van der Waals surface area contributed by atoms with Crippen LogP contribution in [-0.4, -0.2) is 74.6 Å². The van der Waals surface area contributed by atoms with Crippen molar-refractivity contribution in [2.75, 3.05) is 6.61 Å². The Bertz CT molecular complexity index is 751. The lowest BCUT2D eigenvalue weighted by molar-refractivity contribution is -0.144. The van der Waals surface area contributed by atoms with E-state index in [9.17, 15) is 29.4 Å². The van der Waals surface area contributed by atoms with E-state index in [1.165, 1.54) is 12.5 Å². The molecule has 174 valence electrons. The molecule has 12 heteroatoms. The van der Waals surface area contributed by atoms with Crippen LogP contribution in [0.15, 0.2) is 12.5 Å². The highest BCUT2D eigenvalue weighted by Gasteiger charge is 2.32. The molecule has 0 saturated carbocycles. The van der Waals surface area contributed by atoms with Crippen molar-refractivity contribution in [1.82, 2.24) is 25.9 Å². The van der Waals surface area contributed by atoms with Gasteiger partial charge in [-0.1, -0.05) is 27.7 Å². The Balaban J connectivity index is 2.78. The van der Waals surface area contributed by atoms with Gasteiger partial charge in [0.05, 0.1) is 19.0 Å². The number of aromatic amines is 1. The number of aliphatic hydroxyl groups is 1. The van der Waals surface area contributed by atoms with Gasteiger partial charge in [0.1, 0.15) is 18.1 Å². The molecule has 0 aliphatic rings. The molecule has 0 spiro atoms. The number of carbonyl (C=O) groups is 4. The number of imidazole rings is 1. The molecule has 4 atom stereocenters. The molecule has 1 aromatic rings. The summed E-state index contributed by atoms with van der Waals surface area (Å²) in [5.41, 5.74) is 6.46. The van der Waals surface area contributed by atoms with E-state index in [4.69, 9.17) is 5.73 Å². The van der Waals surface area contributed by atoms with Crippen LogP contribution in [0.1, 0.15) is 33.4 Å². The molecule has 0 aliphatic heterocycles. The summed E-state index contributed by atoms with van der Waals surface area (Å²) in [4.78, 5) is 55.4. The standard InChI is InChI=1S/C19H32N6O6/c1-9(2)14(18(29)25-15(10(3)4)19(30)31)24-17(28)13(7-26)23-16(27)12(20)5-11-6-21-8-22-11/h6,8-10,12-15,26H,5,7,20H2,1-4H3,(H,21,22)(H,23,27)(H,24,28)(H,25,29)(H,30,31). The maximum absolute atomic E-state index is 12.6. The SMILES string of the molecule is CC(C)C(NC(=O)C(NC(=O)C(CO)NC(=O)C(N)Cc1cnc[nH]1)C(C)C)C(=O)O. The topological polar surface area (TPSA) is 200 Å². The summed E-state index contributed by atoms with van der Waals surface area (Å²) in [6.45, 7) is 5.91. The van der Waals surface area contributed by atoms with Gasteiger partial charge in [-0.15, -0.1) is 0 Å². The second-order valence-electron chi connectivity index (χ2n) is 7.93. The minimum absolute atomic E-state index is 0.147. The Morgan fingerprint density at radius 3 is 2.03 bits per heavy atom. The van der Waals surface area contributed by atoms with Gasteiger partial charge in [0.25, 0.3) is 0 Å². The van der Waals surface area contributed by atoms with Crippen molar-refractivity contribution in [1.29, 1.82) is 0 Å². The fourth-order valence-electron chi connectivity index (χ4n) is 2.74. The van der Waals surface area contributed by atoms with Gasteiger partial charge in [0, 0.05) is 18.3 Å². The summed E-state index contributed by atoms with van der Waals surface area (Å²) in [5, 5.41) is 26.0. The van der Waals surface area contributed by atoms with Gasteiger partial charge in [0.2, 0.25) is 17.7 Å². The van der Waals surface area contributed by atoms with Gasteiger partial charge in [-0.05, 0) is 11.8 Å². The number of H-pyrrole nitrogens is 1. The van der Waals surface area contributed by atoms with Crippen molar-refractivity contribution in [3.05, 3.63) is 18.2 Å². The van der Waals surface area contributed by atoms with Crippen LogP contribution in [0.5, 0.6) is 0 Å². The first-order valence-corrected chi connectivity index (χ1v) is 9.95. The number of hydrogen-bond donors (Lipinski definition) is 7. The van der Waals surface area contributed by atoms with Crippen LogP contribution in [0.2, 0.25) is 0 Å².